The number of amides is 1. The number of hydrogen-bond acceptors (Lipinski definition) is 6. The molecule has 1 aromatic carbocycles. The van der Waals surface area contributed by atoms with Crippen molar-refractivity contribution in [2.24, 2.45) is 0 Å². The second-order valence-electron chi connectivity index (χ2n) is 7.66. The molecule has 2 heterocycles. The molecule has 1 N–H and O–H groups in total. The summed E-state index contributed by atoms with van der Waals surface area (Å²) in [5.74, 6) is -0.386. The van der Waals surface area contributed by atoms with E-state index in [0.717, 1.165) is 57.3 Å². The predicted octanol–water partition coefficient (Wildman–Crippen LogP) is 4.14. The summed E-state index contributed by atoms with van der Waals surface area (Å²) in [7, 11) is 0. The molecule has 30 heavy (non-hydrogen) atoms. The molecule has 162 valence electrons. The number of aromatic nitrogens is 4. The standard InChI is InChI=1S/C19H23F3N6OS/c1-12(30-18-24-25-26-28(18)14-6-7-14)17(29)23-15-11-13(19(20,21)22)5-8-16(15)27-9-3-2-4-10-27/h5,8,11-12,14H,2-4,6-7,9-10H2,1H3,(H,23,29). The fraction of sp³-hybridized carbons (Fsp3) is 0.579. The van der Waals surface area contributed by atoms with Crippen LogP contribution in [-0.4, -0.2) is 44.5 Å². The second-order valence-corrected chi connectivity index (χ2v) is 8.97. The third-order valence-electron chi connectivity index (χ3n) is 5.29. The summed E-state index contributed by atoms with van der Waals surface area (Å²) >= 11 is 1.20. The van der Waals surface area contributed by atoms with Crippen LogP contribution < -0.4 is 10.2 Å². The van der Waals surface area contributed by atoms with Crippen molar-refractivity contribution in [1.82, 2.24) is 20.2 Å². The quantitative estimate of drug-likeness (QED) is 0.681. The van der Waals surface area contributed by atoms with E-state index < -0.39 is 17.0 Å². The highest BCUT2D eigenvalue weighted by atomic mass is 32.2. The third kappa shape index (κ3) is 4.71. The Morgan fingerprint density at radius 1 is 1.23 bits per heavy atom. The zero-order valence-corrected chi connectivity index (χ0v) is 17.3. The second kappa shape index (κ2) is 8.44. The van der Waals surface area contributed by atoms with Crippen molar-refractivity contribution in [2.45, 2.75) is 61.7 Å². The number of tetrazole rings is 1. The third-order valence-corrected chi connectivity index (χ3v) is 6.33. The van der Waals surface area contributed by atoms with Gasteiger partial charge in [0.2, 0.25) is 11.1 Å². The minimum atomic E-state index is -4.48. The number of nitrogens with zero attached hydrogens (tertiary/aromatic N) is 5. The minimum Gasteiger partial charge on any atom is -0.370 e. The Balaban J connectivity index is 1.53. The van der Waals surface area contributed by atoms with Gasteiger partial charge in [-0.3, -0.25) is 4.79 Å². The van der Waals surface area contributed by atoms with Gasteiger partial charge in [0.15, 0.2) is 0 Å². The van der Waals surface area contributed by atoms with Crippen LogP contribution in [0.25, 0.3) is 0 Å². The number of benzene rings is 1. The fourth-order valence-corrected chi connectivity index (χ4v) is 4.34. The Morgan fingerprint density at radius 2 is 1.97 bits per heavy atom. The van der Waals surface area contributed by atoms with Crippen molar-refractivity contribution in [1.29, 1.82) is 0 Å². The van der Waals surface area contributed by atoms with Gasteiger partial charge < -0.3 is 10.2 Å². The highest BCUT2D eigenvalue weighted by molar-refractivity contribution is 8.00. The Labute approximate surface area is 176 Å². The van der Waals surface area contributed by atoms with Gasteiger partial charge in [-0.25, -0.2) is 4.68 Å². The molecule has 1 unspecified atom stereocenters. The average Bonchev–Trinajstić information content (AvgIpc) is 3.46. The molecule has 11 heteroatoms. The van der Waals surface area contributed by atoms with Gasteiger partial charge in [-0.1, -0.05) is 11.8 Å². The number of nitrogens with one attached hydrogen (secondary N) is 1. The number of carbonyl (C=O) groups excluding carboxylic acids is 1. The number of halogens is 3. The number of rotatable bonds is 6. The molecule has 0 bridgehead atoms. The van der Waals surface area contributed by atoms with E-state index in [1.165, 1.54) is 17.8 Å². The van der Waals surface area contributed by atoms with E-state index in [-0.39, 0.29) is 17.6 Å². The maximum atomic E-state index is 13.3. The molecule has 1 amide bonds. The number of thioether (sulfide) groups is 1. The van der Waals surface area contributed by atoms with Crippen LogP contribution in [0.3, 0.4) is 0 Å². The van der Waals surface area contributed by atoms with E-state index in [1.54, 1.807) is 11.6 Å². The van der Waals surface area contributed by atoms with Gasteiger partial charge in [-0.2, -0.15) is 13.2 Å². The van der Waals surface area contributed by atoms with Crippen molar-refractivity contribution < 1.29 is 18.0 Å². The van der Waals surface area contributed by atoms with E-state index in [4.69, 9.17) is 0 Å². The van der Waals surface area contributed by atoms with Gasteiger partial charge in [0, 0.05) is 13.1 Å². The van der Waals surface area contributed by atoms with Gasteiger partial charge in [-0.05, 0) is 67.7 Å². The number of piperidine rings is 1. The molecule has 2 aliphatic rings. The molecule has 1 aliphatic carbocycles. The average molecular weight is 440 g/mol. The summed E-state index contributed by atoms with van der Waals surface area (Å²) in [6, 6.07) is 3.82. The van der Waals surface area contributed by atoms with Crippen LogP contribution >= 0.6 is 11.8 Å². The van der Waals surface area contributed by atoms with E-state index in [0.29, 0.717) is 10.8 Å². The highest BCUT2D eigenvalue weighted by Gasteiger charge is 2.33. The van der Waals surface area contributed by atoms with E-state index in [1.807, 2.05) is 4.90 Å². The zero-order chi connectivity index (χ0) is 21.3. The molecule has 7 nitrogen and oxygen atoms in total. The van der Waals surface area contributed by atoms with Gasteiger partial charge in [0.25, 0.3) is 0 Å². The highest BCUT2D eigenvalue weighted by Crippen LogP contribution is 2.38. The van der Waals surface area contributed by atoms with Crippen LogP contribution in [-0.2, 0) is 11.0 Å². The van der Waals surface area contributed by atoms with E-state index in [2.05, 4.69) is 20.8 Å². The molecular formula is C19H23F3N6OS. The first-order valence-electron chi connectivity index (χ1n) is 10.0. The summed E-state index contributed by atoms with van der Waals surface area (Å²) in [5.41, 5.74) is 0.0264. The number of carbonyl (C=O) groups is 1. The molecule has 1 saturated heterocycles. The topological polar surface area (TPSA) is 75.9 Å². The van der Waals surface area contributed by atoms with Crippen LogP contribution in [0.15, 0.2) is 23.4 Å². The van der Waals surface area contributed by atoms with Gasteiger partial charge >= 0.3 is 6.18 Å². The maximum absolute atomic E-state index is 13.3. The Kier molecular flexibility index (Phi) is 5.90. The minimum absolute atomic E-state index is 0.186. The number of anilines is 2. The predicted molar refractivity (Wildman–Crippen MR) is 108 cm³/mol. The van der Waals surface area contributed by atoms with Gasteiger partial charge in [0.05, 0.1) is 28.2 Å². The van der Waals surface area contributed by atoms with Crippen LogP contribution in [0.1, 0.15) is 50.6 Å². The Hall–Kier alpha value is -2.30. The Morgan fingerprint density at radius 3 is 2.63 bits per heavy atom. The first kappa shape index (κ1) is 21.0. The monoisotopic (exact) mass is 440 g/mol. The lowest BCUT2D eigenvalue weighted by Crippen LogP contribution is -2.31. The Bertz CT molecular complexity index is 908. The maximum Gasteiger partial charge on any atom is 0.416 e. The van der Waals surface area contributed by atoms with E-state index >= 15 is 0 Å². The number of alkyl halides is 3. The van der Waals surface area contributed by atoms with Crippen molar-refractivity contribution in [3.63, 3.8) is 0 Å². The molecule has 1 aliphatic heterocycles. The summed E-state index contributed by atoms with van der Waals surface area (Å²) in [5, 5.41) is 14.3. The first-order valence-corrected chi connectivity index (χ1v) is 10.9. The molecule has 0 spiro atoms. The van der Waals surface area contributed by atoms with Crippen LogP contribution in [0, 0.1) is 0 Å². The molecule has 2 fully saturated rings. The van der Waals surface area contributed by atoms with E-state index in [9.17, 15) is 18.0 Å². The number of hydrogen-bond donors (Lipinski definition) is 1. The zero-order valence-electron chi connectivity index (χ0n) is 16.5. The molecule has 1 aromatic heterocycles. The molecular weight excluding hydrogens is 417 g/mol. The van der Waals surface area contributed by atoms with Gasteiger partial charge in [-0.15, -0.1) is 5.10 Å². The molecule has 4 rings (SSSR count). The molecule has 1 atom stereocenters. The summed E-state index contributed by atoms with van der Waals surface area (Å²) < 4.78 is 41.5. The van der Waals surface area contributed by atoms with Crippen molar-refractivity contribution >= 4 is 29.0 Å². The molecule has 1 saturated carbocycles. The normalized spacial score (nSPS) is 18.3. The van der Waals surface area contributed by atoms with Crippen LogP contribution in [0.2, 0.25) is 0 Å². The SMILES string of the molecule is CC(Sc1nnnn1C1CC1)C(=O)Nc1cc(C(F)(F)F)ccc1N1CCCCC1. The van der Waals surface area contributed by atoms with Crippen LogP contribution in [0.5, 0.6) is 0 Å². The first-order chi connectivity index (χ1) is 14.3. The lowest BCUT2D eigenvalue weighted by Gasteiger charge is -2.31. The van der Waals surface area contributed by atoms with Crippen molar-refractivity contribution in [3.05, 3.63) is 23.8 Å². The lowest BCUT2D eigenvalue weighted by atomic mass is 10.1. The van der Waals surface area contributed by atoms with Crippen molar-refractivity contribution in [3.8, 4) is 0 Å². The summed E-state index contributed by atoms with van der Waals surface area (Å²) in [4.78, 5) is 14.9. The fourth-order valence-electron chi connectivity index (χ4n) is 3.48. The van der Waals surface area contributed by atoms with Crippen molar-refractivity contribution in [2.75, 3.05) is 23.3 Å². The largest absolute Gasteiger partial charge is 0.416 e. The lowest BCUT2D eigenvalue weighted by molar-refractivity contribution is -0.137. The molecule has 2 aromatic rings. The smallest absolute Gasteiger partial charge is 0.370 e. The van der Waals surface area contributed by atoms with Gasteiger partial charge in [0.1, 0.15) is 0 Å². The summed E-state index contributed by atoms with van der Waals surface area (Å²) in [6.45, 7) is 3.21. The van der Waals surface area contributed by atoms with Crippen LogP contribution in [0.4, 0.5) is 24.5 Å². The summed E-state index contributed by atoms with van der Waals surface area (Å²) in [6.07, 6.45) is 0.578. The molecule has 0 radical (unpaired) electrons.